The molecule has 0 saturated carbocycles. The Kier molecular flexibility index (Phi) is 5.25. The fourth-order valence-corrected chi connectivity index (χ4v) is 2.47. The van der Waals surface area contributed by atoms with Crippen molar-refractivity contribution in [3.63, 3.8) is 0 Å². The molecular formula is C19H21N3O2. The van der Waals surface area contributed by atoms with Crippen molar-refractivity contribution in [1.29, 1.82) is 0 Å². The zero-order valence-electron chi connectivity index (χ0n) is 13.6. The molecule has 0 spiro atoms. The summed E-state index contributed by atoms with van der Waals surface area (Å²) in [6.45, 7) is 1.13. The molecule has 24 heavy (non-hydrogen) atoms. The molecule has 0 amide bonds. The second-order valence-electron chi connectivity index (χ2n) is 5.55. The largest absolute Gasteiger partial charge is 0.497 e. The van der Waals surface area contributed by atoms with Gasteiger partial charge in [-0.3, -0.25) is 0 Å². The molecule has 5 heteroatoms. The molecular weight excluding hydrogens is 302 g/mol. The molecule has 0 aliphatic heterocycles. The van der Waals surface area contributed by atoms with Crippen LogP contribution in [0, 0.1) is 0 Å². The van der Waals surface area contributed by atoms with E-state index in [0.29, 0.717) is 13.1 Å². The van der Waals surface area contributed by atoms with Crippen molar-refractivity contribution in [2.45, 2.75) is 12.6 Å². The fourth-order valence-electron chi connectivity index (χ4n) is 2.47. The predicted molar refractivity (Wildman–Crippen MR) is 93.2 cm³/mol. The number of ether oxygens (including phenoxy) is 1. The molecule has 2 aromatic carbocycles. The molecule has 1 heterocycles. The molecule has 2 N–H and O–H groups in total. The van der Waals surface area contributed by atoms with Gasteiger partial charge >= 0.3 is 0 Å². The Morgan fingerprint density at radius 2 is 1.88 bits per heavy atom. The lowest BCUT2D eigenvalue weighted by molar-refractivity contribution is 0.174. The van der Waals surface area contributed by atoms with Crippen LogP contribution in [0.15, 0.2) is 67.0 Å². The maximum atomic E-state index is 10.2. The smallest absolute Gasteiger partial charge is 0.118 e. The third-order valence-corrected chi connectivity index (χ3v) is 3.82. The summed E-state index contributed by atoms with van der Waals surface area (Å²) in [4.78, 5) is 0. The maximum Gasteiger partial charge on any atom is 0.118 e. The lowest BCUT2D eigenvalue weighted by atomic mass is 10.1. The predicted octanol–water partition coefficient (Wildman–Crippen LogP) is 2.70. The van der Waals surface area contributed by atoms with Crippen LogP contribution in [0.2, 0.25) is 0 Å². The van der Waals surface area contributed by atoms with Gasteiger partial charge in [0.25, 0.3) is 0 Å². The molecule has 1 aromatic heterocycles. The molecule has 3 rings (SSSR count). The monoisotopic (exact) mass is 323 g/mol. The summed E-state index contributed by atoms with van der Waals surface area (Å²) < 4.78 is 6.96. The molecule has 0 bridgehead atoms. The highest BCUT2D eigenvalue weighted by Gasteiger charge is 2.08. The number of aliphatic hydroxyl groups excluding tert-OH is 1. The zero-order valence-corrected chi connectivity index (χ0v) is 13.6. The summed E-state index contributed by atoms with van der Waals surface area (Å²) in [7, 11) is 1.63. The number of hydrogen-bond donors (Lipinski definition) is 2. The average Bonchev–Trinajstić information content (AvgIpc) is 3.11. The van der Waals surface area contributed by atoms with Crippen LogP contribution in [0.5, 0.6) is 5.75 Å². The van der Waals surface area contributed by atoms with Gasteiger partial charge in [-0.2, -0.15) is 5.10 Å². The number of nitrogens with zero attached hydrogens (tertiary/aromatic N) is 2. The van der Waals surface area contributed by atoms with E-state index in [-0.39, 0.29) is 0 Å². The normalized spacial score (nSPS) is 12.1. The van der Waals surface area contributed by atoms with E-state index >= 15 is 0 Å². The summed E-state index contributed by atoms with van der Waals surface area (Å²) >= 11 is 0. The molecule has 0 aliphatic carbocycles. The van der Waals surface area contributed by atoms with Gasteiger partial charge in [0.1, 0.15) is 5.75 Å². The van der Waals surface area contributed by atoms with Crippen LogP contribution in [-0.4, -0.2) is 28.5 Å². The van der Waals surface area contributed by atoms with E-state index in [0.717, 1.165) is 22.6 Å². The van der Waals surface area contributed by atoms with Gasteiger partial charge in [0.2, 0.25) is 0 Å². The van der Waals surface area contributed by atoms with Gasteiger partial charge < -0.3 is 15.2 Å². The first-order valence-electron chi connectivity index (χ1n) is 7.88. The van der Waals surface area contributed by atoms with Gasteiger partial charge in [-0.15, -0.1) is 0 Å². The van der Waals surface area contributed by atoms with Crippen LogP contribution in [-0.2, 0) is 6.54 Å². The van der Waals surface area contributed by atoms with Crippen LogP contribution >= 0.6 is 0 Å². The van der Waals surface area contributed by atoms with Crippen molar-refractivity contribution in [3.8, 4) is 11.4 Å². The van der Waals surface area contributed by atoms with Crippen molar-refractivity contribution in [2.75, 3.05) is 13.7 Å². The second kappa shape index (κ2) is 7.77. The topological polar surface area (TPSA) is 59.3 Å². The Bertz CT molecular complexity index is 754. The van der Waals surface area contributed by atoms with Crippen molar-refractivity contribution < 1.29 is 9.84 Å². The van der Waals surface area contributed by atoms with Crippen LogP contribution in [0.4, 0.5) is 0 Å². The number of aromatic nitrogens is 2. The number of nitrogens with one attached hydrogen (secondary N) is 1. The van der Waals surface area contributed by atoms with Crippen molar-refractivity contribution in [1.82, 2.24) is 15.1 Å². The Morgan fingerprint density at radius 1 is 1.12 bits per heavy atom. The fraction of sp³-hybridized carbons (Fsp3) is 0.211. The maximum absolute atomic E-state index is 10.2. The Morgan fingerprint density at radius 3 is 2.58 bits per heavy atom. The summed E-state index contributed by atoms with van der Waals surface area (Å²) in [5, 5.41) is 17.8. The van der Waals surface area contributed by atoms with E-state index in [1.54, 1.807) is 7.11 Å². The minimum atomic E-state index is -0.555. The van der Waals surface area contributed by atoms with E-state index in [1.165, 1.54) is 0 Å². The number of aliphatic hydroxyl groups is 1. The first-order chi connectivity index (χ1) is 11.8. The lowest BCUT2D eigenvalue weighted by Gasteiger charge is -2.12. The van der Waals surface area contributed by atoms with E-state index in [2.05, 4.69) is 10.4 Å². The zero-order chi connectivity index (χ0) is 16.8. The molecule has 0 fully saturated rings. The second-order valence-corrected chi connectivity index (χ2v) is 5.55. The molecule has 0 saturated heterocycles. The standard InChI is InChI=1S/C19H21N3O2/c1-24-18-9-7-16(8-10-18)19(23)13-20-11-15-12-21-22(14-15)17-5-3-2-4-6-17/h2-10,12,14,19-20,23H,11,13H2,1H3. The summed E-state index contributed by atoms with van der Waals surface area (Å²) in [6, 6.07) is 17.4. The van der Waals surface area contributed by atoms with E-state index in [4.69, 9.17) is 4.74 Å². The summed E-state index contributed by atoms with van der Waals surface area (Å²) in [5.41, 5.74) is 2.96. The van der Waals surface area contributed by atoms with Crippen LogP contribution < -0.4 is 10.1 Å². The highest BCUT2D eigenvalue weighted by atomic mass is 16.5. The molecule has 5 nitrogen and oxygen atoms in total. The van der Waals surface area contributed by atoms with Crippen molar-refractivity contribution >= 4 is 0 Å². The van der Waals surface area contributed by atoms with E-state index in [1.807, 2.05) is 71.7 Å². The first kappa shape index (κ1) is 16.2. The highest BCUT2D eigenvalue weighted by molar-refractivity contribution is 5.31. The highest BCUT2D eigenvalue weighted by Crippen LogP contribution is 2.17. The summed E-state index contributed by atoms with van der Waals surface area (Å²) in [6.07, 6.45) is 3.27. The number of para-hydroxylation sites is 1. The molecule has 1 atom stereocenters. The van der Waals surface area contributed by atoms with Gasteiger partial charge in [0.15, 0.2) is 0 Å². The molecule has 1 unspecified atom stereocenters. The minimum Gasteiger partial charge on any atom is -0.497 e. The first-order valence-corrected chi connectivity index (χ1v) is 7.88. The Balaban J connectivity index is 1.52. The number of rotatable bonds is 7. The van der Waals surface area contributed by atoms with Crippen LogP contribution in [0.3, 0.4) is 0 Å². The van der Waals surface area contributed by atoms with Crippen molar-refractivity contribution in [3.05, 3.63) is 78.1 Å². The van der Waals surface area contributed by atoms with Gasteiger partial charge in [-0.05, 0) is 29.8 Å². The third-order valence-electron chi connectivity index (χ3n) is 3.82. The molecule has 0 radical (unpaired) electrons. The average molecular weight is 323 g/mol. The van der Waals surface area contributed by atoms with Gasteiger partial charge in [0.05, 0.1) is 25.1 Å². The molecule has 124 valence electrons. The molecule has 0 aliphatic rings. The lowest BCUT2D eigenvalue weighted by Crippen LogP contribution is -2.20. The van der Waals surface area contributed by atoms with Gasteiger partial charge in [0, 0.05) is 24.8 Å². The number of hydrogen-bond acceptors (Lipinski definition) is 4. The van der Waals surface area contributed by atoms with Gasteiger partial charge in [-0.25, -0.2) is 4.68 Å². The van der Waals surface area contributed by atoms with Crippen LogP contribution in [0.25, 0.3) is 5.69 Å². The van der Waals surface area contributed by atoms with E-state index < -0.39 is 6.10 Å². The number of methoxy groups -OCH3 is 1. The van der Waals surface area contributed by atoms with Crippen molar-refractivity contribution in [2.24, 2.45) is 0 Å². The van der Waals surface area contributed by atoms with Gasteiger partial charge in [-0.1, -0.05) is 30.3 Å². The minimum absolute atomic E-state index is 0.475. The van der Waals surface area contributed by atoms with E-state index in [9.17, 15) is 5.11 Å². The van der Waals surface area contributed by atoms with Crippen LogP contribution in [0.1, 0.15) is 17.2 Å². The summed E-state index contributed by atoms with van der Waals surface area (Å²) in [5.74, 6) is 0.784. The molecule has 3 aromatic rings. The Hall–Kier alpha value is -2.63. The third kappa shape index (κ3) is 4.01. The SMILES string of the molecule is COc1ccc(C(O)CNCc2cnn(-c3ccccc3)c2)cc1. The number of benzene rings is 2. The quantitative estimate of drug-likeness (QED) is 0.702. The Labute approximate surface area is 141 Å².